The molecule has 0 saturated heterocycles. The van der Waals surface area contributed by atoms with Crippen molar-refractivity contribution in [2.24, 2.45) is 0 Å². The number of nitrogens with zero attached hydrogens (tertiary/aromatic N) is 3. The summed E-state index contributed by atoms with van der Waals surface area (Å²) in [5, 5.41) is 9.95. The van der Waals surface area contributed by atoms with E-state index in [4.69, 9.17) is 16.2 Å². The summed E-state index contributed by atoms with van der Waals surface area (Å²) in [6, 6.07) is 7.07. The number of hydrogen-bond acceptors (Lipinski definition) is 7. The van der Waals surface area contributed by atoms with Gasteiger partial charge in [0.1, 0.15) is 0 Å². The molecule has 2 aromatic rings. The molecule has 5 N–H and O–H groups in total. The maximum absolute atomic E-state index is 9.95. The van der Waals surface area contributed by atoms with Crippen molar-refractivity contribution in [2.75, 3.05) is 18.1 Å². The fourth-order valence-corrected chi connectivity index (χ4v) is 1.69. The second kappa shape index (κ2) is 5.59. The summed E-state index contributed by atoms with van der Waals surface area (Å²) >= 11 is 0. The maximum Gasteiger partial charge on any atom is 0.225 e. The highest BCUT2D eigenvalue weighted by molar-refractivity contribution is 5.62. The minimum absolute atomic E-state index is 0.0307. The molecule has 0 saturated carbocycles. The fraction of sp³-hybridized carbons (Fsp3) is 0.250. The third-order valence-corrected chi connectivity index (χ3v) is 2.46. The number of benzene rings is 1. The second-order valence-corrected chi connectivity index (χ2v) is 3.77. The van der Waals surface area contributed by atoms with Gasteiger partial charge in [-0.05, 0) is 6.92 Å². The predicted molar refractivity (Wildman–Crippen MR) is 70.7 cm³/mol. The SMILES string of the molecule is CCOC(O)c1ccccc1-c1nc(N)nc(N)n1. The Morgan fingerprint density at radius 2 is 1.79 bits per heavy atom. The van der Waals surface area contributed by atoms with E-state index in [1.165, 1.54) is 0 Å². The van der Waals surface area contributed by atoms with Crippen LogP contribution in [0.4, 0.5) is 11.9 Å². The Labute approximate surface area is 110 Å². The van der Waals surface area contributed by atoms with Crippen molar-refractivity contribution >= 4 is 11.9 Å². The van der Waals surface area contributed by atoms with Gasteiger partial charge >= 0.3 is 0 Å². The summed E-state index contributed by atoms with van der Waals surface area (Å²) < 4.78 is 5.17. The minimum atomic E-state index is -1.06. The van der Waals surface area contributed by atoms with Crippen LogP contribution in [0.25, 0.3) is 11.4 Å². The van der Waals surface area contributed by atoms with Crippen molar-refractivity contribution in [3.8, 4) is 11.4 Å². The van der Waals surface area contributed by atoms with Crippen LogP contribution in [-0.4, -0.2) is 26.7 Å². The van der Waals surface area contributed by atoms with Crippen LogP contribution >= 0.6 is 0 Å². The molecule has 0 aliphatic heterocycles. The van der Waals surface area contributed by atoms with Gasteiger partial charge in [-0.2, -0.15) is 15.0 Å². The number of anilines is 2. The molecule has 7 nitrogen and oxygen atoms in total. The molecule has 0 amide bonds. The van der Waals surface area contributed by atoms with E-state index in [0.29, 0.717) is 23.6 Å². The van der Waals surface area contributed by atoms with Gasteiger partial charge in [0.25, 0.3) is 0 Å². The van der Waals surface area contributed by atoms with E-state index in [1.807, 2.05) is 0 Å². The van der Waals surface area contributed by atoms with E-state index in [0.717, 1.165) is 0 Å². The Morgan fingerprint density at radius 3 is 2.42 bits per heavy atom. The van der Waals surface area contributed by atoms with Crippen molar-refractivity contribution in [3.05, 3.63) is 29.8 Å². The van der Waals surface area contributed by atoms with Gasteiger partial charge in [-0.3, -0.25) is 0 Å². The molecule has 0 spiro atoms. The van der Waals surface area contributed by atoms with Crippen molar-refractivity contribution in [2.45, 2.75) is 13.2 Å². The Bertz CT molecular complexity index is 556. The fourth-order valence-electron chi connectivity index (χ4n) is 1.69. The van der Waals surface area contributed by atoms with E-state index in [1.54, 1.807) is 31.2 Å². The molecular weight excluding hydrogens is 246 g/mol. The van der Waals surface area contributed by atoms with Gasteiger partial charge in [0.05, 0.1) is 0 Å². The summed E-state index contributed by atoms with van der Waals surface area (Å²) in [6.07, 6.45) is -1.06. The summed E-state index contributed by atoms with van der Waals surface area (Å²) in [6.45, 7) is 2.18. The van der Waals surface area contributed by atoms with Gasteiger partial charge in [0.15, 0.2) is 12.1 Å². The smallest absolute Gasteiger partial charge is 0.225 e. The monoisotopic (exact) mass is 261 g/mol. The third-order valence-electron chi connectivity index (χ3n) is 2.46. The number of rotatable bonds is 4. The highest BCUT2D eigenvalue weighted by atomic mass is 16.6. The zero-order chi connectivity index (χ0) is 13.8. The molecule has 0 bridgehead atoms. The van der Waals surface area contributed by atoms with Gasteiger partial charge < -0.3 is 21.3 Å². The summed E-state index contributed by atoms with van der Waals surface area (Å²) in [5.41, 5.74) is 12.2. The molecule has 0 fully saturated rings. The molecule has 1 aromatic heterocycles. The lowest BCUT2D eigenvalue weighted by Gasteiger charge is -2.14. The zero-order valence-electron chi connectivity index (χ0n) is 10.4. The largest absolute Gasteiger partial charge is 0.368 e. The van der Waals surface area contributed by atoms with Gasteiger partial charge in [0.2, 0.25) is 11.9 Å². The van der Waals surface area contributed by atoms with Gasteiger partial charge in [-0.15, -0.1) is 0 Å². The summed E-state index contributed by atoms with van der Waals surface area (Å²) in [5.74, 6) is 0.366. The number of aromatic nitrogens is 3. The van der Waals surface area contributed by atoms with Gasteiger partial charge in [0, 0.05) is 17.7 Å². The number of nitrogen functional groups attached to an aromatic ring is 2. The Hall–Kier alpha value is -2.25. The standard InChI is InChI=1S/C12H15N5O2/c1-2-19-10(18)8-6-4-3-5-7(8)9-15-11(13)17-12(14)16-9/h3-6,10,18H,2H2,1H3,(H4,13,14,15,16,17). The lowest BCUT2D eigenvalue weighted by atomic mass is 10.1. The van der Waals surface area contributed by atoms with Crippen LogP contribution in [0.2, 0.25) is 0 Å². The molecule has 1 unspecified atom stereocenters. The first-order valence-electron chi connectivity index (χ1n) is 5.77. The Kier molecular flexibility index (Phi) is 3.88. The van der Waals surface area contributed by atoms with Crippen LogP contribution in [0.1, 0.15) is 18.8 Å². The second-order valence-electron chi connectivity index (χ2n) is 3.77. The van der Waals surface area contributed by atoms with Crippen LogP contribution in [0, 0.1) is 0 Å². The molecule has 0 aliphatic carbocycles. The maximum atomic E-state index is 9.95. The van der Waals surface area contributed by atoms with Crippen LogP contribution in [0.5, 0.6) is 0 Å². The zero-order valence-corrected chi connectivity index (χ0v) is 10.4. The number of hydrogen-bond donors (Lipinski definition) is 3. The Balaban J connectivity index is 2.49. The highest BCUT2D eigenvalue weighted by Gasteiger charge is 2.15. The lowest BCUT2D eigenvalue weighted by molar-refractivity contribution is -0.0976. The van der Waals surface area contributed by atoms with Crippen LogP contribution in [0.15, 0.2) is 24.3 Å². The van der Waals surface area contributed by atoms with Crippen LogP contribution in [0.3, 0.4) is 0 Å². The van der Waals surface area contributed by atoms with Gasteiger partial charge in [-0.25, -0.2) is 0 Å². The number of ether oxygens (including phenoxy) is 1. The van der Waals surface area contributed by atoms with E-state index >= 15 is 0 Å². The molecule has 1 aromatic carbocycles. The van der Waals surface area contributed by atoms with E-state index in [9.17, 15) is 5.11 Å². The number of aliphatic hydroxyl groups is 1. The van der Waals surface area contributed by atoms with E-state index in [2.05, 4.69) is 15.0 Å². The first kappa shape index (κ1) is 13.2. The molecule has 1 atom stereocenters. The summed E-state index contributed by atoms with van der Waals surface area (Å²) in [4.78, 5) is 11.7. The minimum Gasteiger partial charge on any atom is -0.368 e. The normalized spacial score (nSPS) is 12.3. The van der Waals surface area contributed by atoms with Crippen LogP contribution < -0.4 is 11.5 Å². The van der Waals surface area contributed by atoms with Crippen LogP contribution in [-0.2, 0) is 4.74 Å². The molecule has 0 radical (unpaired) electrons. The first-order chi connectivity index (χ1) is 9.11. The van der Waals surface area contributed by atoms with E-state index < -0.39 is 6.29 Å². The molecule has 2 rings (SSSR count). The predicted octanol–water partition coefficient (Wildman–Crippen LogP) is 0.730. The highest BCUT2D eigenvalue weighted by Crippen LogP contribution is 2.26. The average molecular weight is 261 g/mol. The van der Waals surface area contributed by atoms with Crippen molar-refractivity contribution < 1.29 is 9.84 Å². The van der Waals surface area contributed by atoms with E-state index in [-0.39, 0.29) is 11.9 Å². The molecule has 1 heterocycles. The van der Waals surface area contributed by atoms with Crippen molar-refractivity contribution in [1.29, 1.82) is 0 Å². The summed E-state index contributed by atoms with van der Waals surface area (Å²) in [7, 11) is 0. The first-order valence-corrected chi connectivity index (χ1v) is 5.77. The Morgan fingerprint density at radius 1 is 1.16 bits per heavy atom. The quantitative estimate of drug-likeness (QED) is 0.694. The number of nitrogens with two attached hydrogens (primary N) is 2. The van der Waals surface area contributed by atoms with Crippen molar-refractivity contribution in [3.63, 3.8) is 0 Å². The third kappa shape index (κ3) is 2.95. The molecule has 7 heteroatoms. The molecule has 19 heavy (non-hydrogen) atoms. The average Bonchev–Trinajstić information content (AvgIpc) is 2.38. The van der Waals surface area contributed by atoms with Crippen molar-refractivity contribution in [1.82, 2.24) is 15.0 Å². The molecule has 0 aliphatic rings. The number of aliphatic hydroxyl groups excluding tert-OH is 1. The lowest BCUT2D eigenvalue weighted by Crippen LogP contribution is -2.08. The molecular formula is C12H15N5O2. The molecule has 100 valence electrons. The topological polar surface area (TPSA) is 120 Å². The van der Waals surface area contributed by atoms with Gasteiger partial charge in [-0.1, -0.05) is 24.3 Å².